The number of anilines is 1. The van der Waals surface area contributed by atoms with Crippen LogP contribution in [0.4, 0.5) is 5.82 Å². The highest BCUT2D eigenvalue weighted by molar-refractivity contribution is 5.59. The molecule has 0 aliphatic heterocycles. The second-order valence-electron chi connectivity index (χ2n) is 7.28. The molecule has 1 aromatic carbocycles. The van der Waals surface area contributed by atoms with E-state index in [9.17, 15) is 0 Å². The Bertz CT molecular complexity index is 657. The summed E-state index contributed by atoms with van der Waals surface area (Å²) in [6, 6.07) is 9.03. The third-order valence-electron chi connectivity index (χ3n) is 5.14. The van der Waals surface area contributed by atoms with Gasteiger partial charge in [-0.3, -0.25) is 0 Å². The number of hydrogen-bond donors (Lipinski definition) is 1. The summed E-state index contributed by atoms with van der Waals surface area (Å²) in [6.07, 6.45) is 9.43. The third kappa shape index (κ3) is 4.14. The molecule has 1 N–H and O–H groups in total. The van der Waals surface area contributed by atoms with E-state index in [4.69, 9.17) is 4.98 Å². The average molecular weight is 323 g/mol. The number of benzene rings is 1. The second-order valence-corrected chi connectivity index (χ2v) is 7.28. The predicted molar refractivity (Wildman–Crippen MR) is 101 cm³/mol. The van der Waals surface area contributed by atoms with E-state index in [1.54, 1.807) is 0 Å². The molecule has 3 heteroatoms. The zero-order chi connectivity index (χ0) is 16.9. The Morgan fingerprint density at radius 3 is 2.54 bits per heavy atom. The molecule has 1 aromatic heterocycles. The van der Waals surface area contributed by atoms with E-state index in [0.717, 1.165) is 23.6 Å². The van der Waals surface area contributed by atoms with Gasteiger partial charge in [0.1, 0.15) is 5.82 Å². The molecule has 1 unspecified atom stereocenters. The third-order valence-corrected chi connectivity index (χ3v) is 5.14. The Balaban J connectivity index is 1.89. The van der Waals surface area contributed by atoms with Gasteiger partial charge in [0, 0.05) is 23.4 Å². The van der Waals surface area contributed by atoms with Crippen molar-refractivity contribution in [2.24, 2.45) is 5.92 Å². The Labute approximate surface area is 145 Å². The van der Waals surface area contributed by atoms with Gasteiger partial charge in [0.05, 0.1) is 0 Å². The minimum absolute atomic E-state index is 0.571. The molecule has 1 fully saturated rings. The topological polar surface area (TPSA) is 37.8 Å². The molecular formula is C21H29N3. The Kier molecular flexibility index (Phi) is 5.49. The van der Waals surface area contributed by atoms with Gasteiger partial charge in [0.25, 0.3) is 0 Å². The molecule has 1 saturated carbocycles. The van der Waals surface area contributed by atoms with E-state index in [2.05, 4.69) is 55.3 Å². The zero-order valence-corrected chi connectivity index (χ0v) is 15.2. The molecule has 1 atom stereocenters. The summed E-state index contributed by atoms with van der Waals surface area (Å²) in [5.41, 5.74) is 3.61. The van der Waals surface area contributed by atoms with Crippen LogP contribution in [0, 0.1) is 12.8 Å². The van der Waals surface area contributed by atoms with Crippen LogP contribution in [0.2, 0.25) is 0 Å². The number of aromatic nitrogens is 2. The van der Waals surface area contributed by atoms with Crippen molar-refractivity contribution in [1.82, 2.24) is 9.97 Å². The van der Waals surface area contributed by atoms with Gasteiger partial charge in [-0.05, 0) is 32.1 Å². The molecule has 128 valence electrons. The maximum absolute atomic E-state index is 4.90. The molecule has 0 amide bonds. The molecule has 0 saturated heterocycles. The fourth-order valence-electron chi connectivity index (χ4n) is 3.31. The first-order valence-electron chi connectivity index (χ1n) is 9.35. The number of aryl methyl sites for hydroxylation is 1. The fourth-order valence-corrected chi connectivity index (χ4v) is 3.31. The second kappa shape index (κ2) is 7.78. The molecular weight excluding hydrogens is 294 g/mol. The van der Waals surface area contributed by atoms with E-state index in [1.807, 2.05) is 6.20 Å². The van der Waals surface area contributed by atoms with Crippen molar-refractivity contribution in [3.63, 3.8) is 0 Å². The summed E-state index contributed by atoms with van der Waals surface area (Å²) in [7, 11) is 0. The first-order valence-corrected chi connectivity index (χ1v) is 9.35. The summed E-state index contributed by atoms with van der Waals surface area (Å²) in [5.74, 6) is 2.53. The molecule has 3 rings (SSSR count). The van der Waals surface area contributed by atoms with Gasteiger partial charge in [-0.2, -0.15) is 0 Å². The highest BCUT2D eigenvalue weighted by Crippen LogP contribution is 2.27. The molecule has 24 heavy (non-hydrogen) atoms. The fraction of sp³-hybridized carbons (Fsp3) is 0.524. The lowest BCUT2D eigenvalue weighted by molar-refractivity contribution is 0.558. The number of nitrogens with zero attached hydrogens (tertiary/aromatic N) is 2. The monoisotopic (exact) mass is 323 g/mol. The molecule has 1 heterocycles. The van der Waals surface area contributed by atoms with Gasteiger partial charge in [0.15, 0.2) is 5.82 Å². The maximum Gasteiger partial charge on any atom is 0.161 e. The van der Waals surface area contributed by atoms with Crippen molar-refractivity contribution in [2.75, 3.05) is 5.32 Å². The van der Waals surface area contributed by atoms with Crippen LogP contribution in [0.3, 0.4) is 0 Å². The van der Waals surface area contributed by atoms with E-state index in [-0.39, 0.29) is 0 Å². The normalized spacial score (nSPS) is 16.3. The Morgan fingerprint density at radius 1 is 1.17 bits per heavy atom. The highest BCUT2D eigenvalue weighted by Gasteiger charge is 2.18. The summed E-state index contributed by atoms with van der Waals surface area (Å²) in [5, 5.41) is 3.71. The van der Waals surface area contributed by atoms with Crippen molar-refractivity contribution in [3.05, 3.63) is 41.6 Å². The van der Waals surface area contributed by atoms with Crippen LogP contribution in [0.1, 0.15) is 57.1 Å². The molecule has 1 aliphatic carbocycles. The first-order chi connectivity index (χ1) is 11.7. The van der Waals surface area contributed by atoms with Crippen LogP contribution in [0.5, 0.6) is 0 Å². The number of nitrogens with one attached hydrogen (secondary N) is 1. The van der Waals surface area contributed by atoms with Crippen molar-refractivity contribution in [2.45, 2.75) is 65.3 Å². The number of rotatable bonds is 6. The van der Waals surface area contributed by atoms with Gasteiger partial charge in [0.2, 0.25) is 0 Å². The van der Waals surface area contributed by atoms with Crippen molar-refractivity contribution >= 4 is 5.82 Å². The van der Waals surface area contributed by atoms with E-state index >= 15 is 0 Å². The Hall–Kier alpha value is -1.90. The maximum atomic E-state index is 4.90. The molecule has 0 bridgehead atoms. The minimum atomic E-state index is 0.571. The minimum Gasteiger partial charge on any atom is -0.367 e. The SMILES string of the molecule is CCC(C)Cc1cnc(-c2ccc(C)cc2)nc1NC1CCCC1. The van der Waals surface area contributed by atoms with E-state index in [0.29, 0.717) is 12.0 Å². The van der Waals surface area contributed by atoms with Gasteiger partial charge in [-0.25, -0.2) is 9.97 Å². The molecule has 2 aromatic rings. The standard InChI is InChI=1S/C21H29N3/c1-4-15(2)13-18-14-22-20(17-11-9-16(3)10-12-17)24-21(18)23-19-7-5-6-8-19/h9-12,14-15,19H,4-8,13H2,1-3H3,(H,22,23,24). The zero-order valence-electron chi connectivity index (χ0n) is 15.2. The van der Waals surface area contributed by atoms with Crippen molar-refractivity contribution < 1.29 is 0 Å². The van der Waals surface area contributed by atoms with Crippen LogP contribution in [0.15, 0.2) is 30.5 Å². The lowest BCUT2D eigenvalue weighted by Gasteiger charge is -2.18. The van der Waals surface area contributed by atoms with Gasteiger partial charge < -0.3 is 5.32 Å². The van der Waals surface area contributed by atoms with Gasteiger partial charge >= 0.3 is 0 Å². The lowest BCUT2D eigenvalue weighted by atomic mass is 10.00. The highest BCUT2D eigenvalue weighted by atomic mass is 15.1. The summed E-state index contributed by atoms with van der Waals surface area (Å²) in [6.45, 7) is 6.65. The summed E-state index contributed by atoms with van der Waals surface area (Å²) in [4.78, 5) is 9.55. The van der Waals surface area contributed by atoms with Crippen molar-refractivity contribution in [3.8, 4) is 11.4 Å². The van der Waals surface area contributed by atoms with Crippen LogP contribution in [-0.2, 0) is 6.42 Å². The van der Waals surface area contributed by atoms with Crippen LogP contribution < -0.4 is 5.32 Å². The van der Waals surface area contributed by atoms with Gasteiger partial charge in [-0.15, -0.1) is 0 Å². The average Bonchev–Trinajstić information content (AvgIpc) is 3.10. The summed E-state index contributed by atoms with van der Waals surface area (Å²) >= 11 is 0. The largest absolute Gasteiger partial charge is 0.367 e. The molecule has 0 radical (unpaired) electrons. The van der Waals surface area contributed by atoms with E-state index in [1.165, 1.54) is 43.2 Å². The van der Waals surface area contributed by atoms with E-state index < -0.39 is 0 Å². The van der Waals surface area contributed by atoms with Crippen LogP contribution in [-0.4, -0.2) is 16.0 Å². The smallest absolute Gasteiger partial charge is 0.161 e. The van der Waals surface area contributed by atoms with Crippen molar-refractivity contribution in [1.29, 1.82) is 0 Å². The Morgan fingerprint density at radius 2 is 1.88 bits per heavy atom. The first kappa shape index (κ1) is 16.9. The van der Waals surface area contributed by atoms with Crippen LogP contribution >= 0.6 is 0 Å². The van der Waals surface area contributed by atoms with Crippen LogP contribution in [0.25, 0.3) is 11.4 Å². The molecule has 1 aliphatic rings. The quantitative estimate of drug-likeness (QED) is 0.774. The molecule has 0 spiro atoms. The summed E-state index contributed by atoms with van der Waals surface area (Å²) < 4.78 is 0. The molecule has 3 nitrogen and oxygen atoms in total. The van der Waals surface area contributed by atoms with Gasteiger partial charge in [-0.1, -0.05) is 62.9 Å². The predicted octanol–water partition coefficient (Wildman–Crippen LogP) is 5.40. The lowest BCUT2D eigenvalue weighted by Crippen LogP contribution is -2.18. The number of hydrogen-bond acceptors (Lipinski definition) is 3.